The van der Waals surface area contributed by atoms with Gasteiger partial charge in [-0.3, -0.25) is 4.79 Å². The van der Waals surface area contributed by atoms with Crippen LogP contribution in [-0.2, 0) is 6.42 Å². The van der Waals surface area contributed by atoms with Crippen molar-refractivity contribution in [1.29, 1.82) is 0 Å². The molecule has 4 nitrogen and oxygen atoms in total. The highest BCUT2D eigenvalue weighted by molar-refractivity contribution is 7.09. The lowest BCUT2D eigenvalue weighted by molar-refractivity contribution is -0.143. The van der Waals surface area contributed by atoms with E-state index in [2.05, 4.69) is 4.98 Å². The summed E-state index contributed by atoms with van der Waals surface area (Å²) in [6.45, 7) is 2.19. The standard InChI is InChI=1S/C11H16F3N3OS/c1-7(2)17(6-11(12,13)14)10(18)8-5-19-9(16-8)3-4-15/h5,7H,3-4,6,15H2,1-2H3. The summed E-state index contributed by atoms with van der Waals surface area (Å²) in [6, 6.07) is -0.547. The van der Waals surface area contributed by atoms with Gasteiger partial charge >= 0.3 is 6.18 Å². The molecule has 1 aromatic rings. The molecule has 0 aliphatic carbocycles. The number of thiazole rings is 1. The molecular weight excluding hydrogens is 279 g/mol. The van der Waals surface area contributed by atoms with E-state index in [0.29, 0.717) is 18.0 Å². The third-order valence-corrected chi connectivity index (χ3v) is 3.27. The molecule has 0 radical (unpaired) electrons. The summed E-state index contributed by atoms with van der Waals surface area (Å²) in [6.07, 6.45) is -3.91. The van der Waals surface area contributed by atoms with Gasteiger partial charge in [0.1, 0.15) is 12.2 Å². The lowest BCUT2D eigenvalue weighted by atomic mass is 10.2. The fraction of sp³-hybridized carbons (Fsp3) is 0.636. The van der Waals surface area contributed by atoms with Gasteiger partial charge in [-0.1, -0.05) is 0 Å². The van der Waals surface area contributed by atoms with Gasteiger partial charge in [0.05, 0.1) is 5.01 Å². The number of rotatable bonds is 5. The first-order valence-electron chi connectivity index (χ1n) is 5.76. The summed E-state index contributed by atoms with van der Waals surface area (Å²) in [7, 11) is 0. The van der Waals surface area contributed by atoms with Crippen LogP contribution in [0, 0.1) is 0 Å². The Bertz CT molecular complexity index is 431. The summed E-state index contributed by atoms with van der Waals surface area (Å²) in [5, 5.41) is 2.13. The molecule has 0 aromatic carbocycles. The van der Waals surface area contributed by atoms with Crippen LogP contribution in [0.2, 0.25) is 0 Å². The topological polar surface area (TPSA) is 59.2 Å². The Hall–Kier alpha value is -1.15. The molecule has 0 saturated carbocycles. The number of halogens is 3. The minimum absolute atomic E-state index is 0.0476. The number of nitrogens with zero attached hydrogens (tertiary/aromatic N) is 2. The summed E-state index contributed by atoms with van der Waals surface area (Å²) in [5.41, 5.74) is 5.41. The smallest absolute Gasteiger partial charge is 0.330 e. The Labute approximate surface area is 113 Å². The summed E-state index contributed by atoms with van der Waals surface area (Å²) < 4.78 is 37.3. The molecule has 0 unspecified atom stereocenters. The average Bonchev–Trinajstić information content (AvgIpc) is 2.72. The van der Waals surface area contributed by atoms with Crippen LogP contribution in [0.1, 0.15) is 29.3 Å². The molecule has 1 heterocycles. The normalized spacial score (nSPS) is 11.9. The van der Waals surface area contributed by atoms with E-state index in [-0.39, 0.29) is 5.69 Å². The van der Waals surface area contributed by atoms with Crippen LogP contribution >= 0.6 is 11.3 Å². The van der Waals surface area contributed by atoms with Crippen molar-refractivity contribution in [3.8, 4) is 0 Å². The molecule has 0 saturated heterocycles. The van der Waals surface area contributed by atoms with Gasteiger partial charge in [-0.2, -0.15) is 13.2 Å². The maximum absolute atomic E-state index is 12.4. The monoisotopic (exact) mass is 295 g/mol. The Morgan fingerprint density at radius 3 is 2.63 bits per heavy atom. The van der Waals surface area contributed by atoms with E-state index in [9.17, 15) is 18.0 Å². The van der Waals surface area contributed by atoms with Gasteiger partial charge in [0.25, 0.3) is 5.91 Å². The van der Waals surface area contributed by atoms with Crippen molar-refractivity contribution in [2.75, 3.05) is 13.1 Å². The van der Waals surface area contributed by atoms with Gasteiger partial charge in [0, 0.05) is 17.8 Å². The predicted molar refractivity (Wildman–Crippen MR) is 67.1 cm³/mol. The molecule has 0 atom stereocenters. The minimum atomic E-state index is -4.42. The number of carbonyl (C=O) groups excluding carboxylic acids is 1. The number of aromatic nitrogens is 1. The second-order valence-electron chi connectivity index (χ2n) is 4.31. The van der Waals surface area contributed by atoms with Crippen LogP contribution in [0.4, 0.5) is 13.2 Å². The Balaban J connectivity index is 2.86. The first-order valence-corrected chi connectivity index (χ1v) is 6.64. The molecule has 2 N–H and O–H groups in total. The average molecular weight is 295 g/mol. The van der Waals surface area contributed by atoms with Gasteiger partial charge in [-0.15, -0.1) is 11.3 Å². The summed E-state index contributed by atoms with van der Waals surface area (Å²) >= 11 is 1.23. The molecule has 1 amide bonds. The van der Waals surface area contributed by atoms with Crippen LogP contribution in [-0.4, -0.2) is 41.1 Å². The molecule has 1 rings (SSSR count). The Morgan fingerprint density at radius 1 is 1.53 bits per heavy atom. The molecule has 0 aliphatic heterocycles. The zero-order valence-corrected chi connectivity index (χ0v) is 11.5. The first kappa shape index (κ1) is 15.9. The van der Waals surface area contributed by atoms with Crippen molar-refractivity contribution >= 4 is 17.2 Å². The molecule has 0 aliphatic rings. The quantitative estimate of drug-likeness (QED) is 0.904. The van der Waals surface area contributed by atoms with Crippen LogP contribution in [0.5, 0.6) is 0 Å². The predicted octanol–water partition coefficient (Wildman–Crippen LogP) is 2.06. The Kier molecular flexibility index (Phi) is 5.30. The fourth-order valence-electron chi connectivity index (χ4n) is 1.48. The van der Waals surface area contributed by atoms with Gasteiger partial charge in [0.2, 0.25) is 0 Å². The van der Waals surface area contributed by atoms with Crippen molar-refractivity contribution in [2.24, 2.45) is 5.73 Å². The van der Waals surface area contributed by atoms with Crippen molar-refractivity contribution < 1.29 is 18.0 Å². The molecule has 0 spiro atoms. The molecular formula is C11H16F3N3OS. The van der Waals surface area contributed by atoms with E-state index in [1.807, 2.05) is 0 Å². The molecule has 108 valence electrons. The summed E-state index contributed by atoms with van der Waals surface area (Å²) in [5.74, 6) is -0.702. The number of hydrogen-bond acceptors (Lipinski definition) is 4. The van der Waals surface area contributed by atoms with Crippen LogP contribution in [0.3, 0.4) is 0 Å². The Morgan fingerprint density at radius 2 is 2.16 bits per heavy atom. The number of amides is 1. The maximum atomic E-state index is 12.4. The second-order valence-corrected chi connectivity index (χ2v) is 5.25. The van der Waals surface area contributed by atoms with Gasteiger partial charge < -0.3 is 10.6 Å². The van der Waals surface area contributed by atoms with Crippen LogP contribution < -0.4 is 5.73 Å². The highest BCUT2D eigenvalue weighted by Gasteiger charge is 2.35. The van der Waals surface area contributed by atoms with E-state index in [1.165, 1.54) is 30.6 Å². The first-order chi connectivity index (χ1) is 8.74. The highest BCUT2D eigenvalue weighted by atomic mass is 32.1. The maximum Gasteiger partial charge on any atom is 0.406 e. The van der Waals surface area contributed by atoms with E-state index in [4.69, 9.17) is 5.73 Å². The van der Waals surface area contributed by atoms with Gasteiger partial charge in [0.15, 0.2) is 0 Å². The number of alkyl halides is 3. The molecule has 1 aromatic heterocycles. The number of carbonyl (C=O) groups is 1. The lowest BCUT2D eigenvalue weighted by Crippen LogP contribution is -2.43. The van der Waals surface area contributed by atoms with Crippen molar-refractivity contribution in [1.82, 2.24) is 9.88 Å². The SMILES string of the molecule is CC(C)N(CC(F)(F)F)C(=O)c1csc(CCN)n1. The van der Waals surface area contributed by atoms with E-state index >= 15 is 0 Å². The molecule has 0 fully saturated rings. The second kappa shape index (κ2) is 6.33. The molecule has 0 bridgehead atoms. The van der Waals surface area contributed by atoms with Crippen LogP contribution in [0.15, 0.2) is 5.38 Å². The fourth-order valence-corrected chi connectivity index (χ4v) is 2.26. The zero-order chi connectivity index (χ0) is 14.6. The summed E-state index contributed by atoms with van der Waals surface area (Å²) in [4.78, 5) is 16.8. The molecule has 19 heavy (non-hydrogen) atoms. The number of nitrogens with two attached hydrogens (primary N) is 1. The van der Waals surface area contributed by atoms with E-state index in [1.54, 1.807) is 0 Å². The van der Waals surface area contributed by atoms with Crippen molar-refractivity contribution in [3.05, 3.63) is 16.1 Å². The van der Waals surface area contributed by atoms with Gasteiger partial charge in [-0.25, -0.2) is 4.98 Å². The number of hydrogen-bond donors (Lipinski definition) is 1. The van der Waals surface area contributed by atoms with E-state index < -0.39 is 24.7 Å². The minimum Gasteiger partial charge on any atom is -0.330 e. The lowest BCUT2D eigenvalue weighted by Gasteiger charge is -2.26. The van der Waals surface area contributed by atoms with Gasteiger partial charge in [-0.05, 0) is 20.4 Å². The third-order valence-electron chi connectivity index (χ3n) is 2.36. The third kappa shape index (κ3) is 4.79. The van der Waals surface area contributed by atoms with Crippen molar-refractivity contribution in [2.45, 2.75) is 32.5 Å². The van der Waals surface area contributed by atoms with Crippen molar-refractivity contribution in [3.63, 3.8) is 0 Å². The zero-order valence-electron chi connectivity index (χ0n) is 10.7. The highest BCUT2D eigenvalue weighted by Crippen LogP contribution is 2.20. The molecule has 8 heteroatoms. The van der Waals surface area contributed by atoms with E-state index in [0.717, 1.165) is 4.90 Å². The van der Waals surface area contributed by atoms with Crippen LogP contribution in [0.25, 0.3) is 0 Å². The largest absolute Gasteiger partial charge is 0.406 e.